The quantitative estimate of drug-likeness (QED) is 0.514. The molecule has 1 aromatic carbocycles. The highest BCUT2D eigenvalue weighted by molar-refractivity contribution is 7.89. The normalized spacial score (nSPS) is 16.5. The summed E-state index contributed by atoms with van der Waals surface area (Å²) in [6.07, 6.45) is 0. The molecule has 1 aromatic heterocycles. The zero-order chi connectivity index (χ0) is 22.3. The van der Waals surface area contributed by atoms with E-state index >= 15 is 0 Å². The Kier molecular flexibility index (Phi) is 8.76. The lowest BCUT2D eigenvalue weighted by molar-refractivity contribution is 0.0730. The van der Waals surface area contributed by atoms with Crippen molar-refractivity contribution in [3.63, 3.8) is 0 Å². The molecule has 0 saturated carbocycles. The van der Waals surface area contributed by atoms with E-state index in [1.54, 1.807) is 23.5 Å². The second-order valence-electron chi connectivity index (χ2n) is 7.35. The van der Waals surface area contributed by atoms with Crippen LogP contribution < -0.4 is 5.32 Å². The van der Waals surface area contributed by atoms with Crippen molar-refractivity contribution < 1.29 is 17.9 Å². The second kappa shape index (κ2) is 11.3. The van der Waals surface area contributed by atoms with Gasteiger partial charge in [-0.3, -0.25) is 9.69 Å². The van der Waals surface area contributed by atoms with Crippen LogP contribution in [0.4, 0.5) is 0 Å². The van der Waals surface area contributed by atoms with Crippen LogP contribution in [0.1, 0.15) is 35.1 Å². The summed E-state index contributed by atoms with van der Waals surface area (Å²) in [5.74, 6) is -0.0557. The van der Waals surface area contributed by atoms with E-state index in [4.69, 9.17) is 4.74 Å². The van der Waals surface area contributed by atoms with Crippen LogP contribution in [0.3, 0.4) is 0 Å². The minimum atomic E-state index is -3.55. The third kappa shape index (κ3) is 6.00. The summed E-state index contributed by atoms with van der Waals surface area (Å²) in [5, 5.41) is 5.37. The molecule has 0 spiro atoms. The third-order valence-electron chi connectivity index (χ3n) is 5.53. The van der Waals surface area contributed by atoms with Crippen LogP contribution in [-0.4, -0.2) is 75.9 Å². The van der Waals surface area contributed by atoms with Crippen molar-refractivity contribution >= 4 is 27.1 Å². The first kappa shape index (κ1) is 24.0. The number of carbonyl (C=O) groups excluding carboxylic acids is 1. The molecule has 7 nitrogen and oxygen atoms in total. The fraction of sp³-hybridized carbons (Fsp3) is 0.500. The second-order valence-corrected chi connectivity index (χ2v) is 10.3. The first-order valence-electron chi connectivity index (χ1n) is 10.7. The lowest BCUT2D eigenvalue weighted by atomic mass is 10.1. The van der Waals surface area contributed by atoms with Crippen molar-refractivity contribution in [2.24, 2.45) is 0 Å². The number of hydrogen-bond donors (Lipinski definition) is 1. The molecule has 2 aromatic rings. The van der Waals surface area contributed by atoms with Gasteiger partial charge < -0.3 is 10.1 Å². The predicted molar refractivity (Wildman–Crippen MR) is 123 cm³/mol. The molecule has 0 radical (unpaired) electrons. The molecule has 31 heavy (non-hydrogen) atoms. The molecule has 1 aliphatic heterocycles. The molecule has 0 bridgehead atoms. The van der Waals surface area contributed by atoms with Gasteiger partial charge in [0.2, 0.25) is 10.0 Å². The molecular formula is C22H31N3O4S2. The van der Waals surface area contributed by atoms with Crippen molar-refractivity contribution in [1.82, 2.24) is 14.5 Å². The number of sulfonamides is 1. The molecule has 1 saturated heterocycles. The summed E-state index contributed by atoms with van der Waals surface area (Å²) in [6.45, 7) is 8.56. The minimum Gasteiger partial charge on any atom is -0.379 e. The Balaban J connectivity index is 1.59. The predicted octanol–water partition coefficient (Wildman–Crippen LogP) is 2.62. The van der Waals surface area contributed by atoms with E-state index in [9.17, 15) is 13.2 Å². The summed E-state index contributed by atoms with van der Waals surface area (Å²) in [5.41, 5.74) is 0.504. The van der Waals surface area contributed by atoms with E-state index < -0.39 is 10.0 Å². The zero-order valence-corrected chi connectivity index (χ0v) is 19.8. The molecule has 1 unspecified atom stereocenters. The van der Waals surface area contributed by atoms with E-state index in [0.29, 0.717) is 38.4 Å². The summed E-state index contributed by atoms with van der Waals surface area (Å²) in [7, 11) is -3.55. The molecule has 3 rings (SSSR count). The van der Waals surface area contributed by atoms with Gasteiger partial charge in [-0.1, -0.05) is 32.0 Å². The van der Waals surface area contributed by atoms with Crippen molar-refractivity contribution in [2.45, 2.75) is 24.8 Å². The van der Waals surface area contributed by atoms with Crippen molar-refractivity contribution in [3.05, 3.63) is 52.2 Å². The van der Waals surface area contributed by atoms with Crippen molar-refractivity contribution in [2.75, 3.05) is 52.5 Å². The van der Waals surface area contributed by atoms with E-state index in [1.165, 1.54) is 21.3 Å². The van der Waals surface area contributed by atoms with Gasteiger partial charge in [-0.25, -0.2) is 8.42 Å². The number of hydrogen-bond acceptors (Lipinski definition) is 7. The van der Waals surface area contributed by atoms with Crippen LogP contribution in [0, 0.1) is 0 Å². The van der Waals surface area contributed by atoms with Gasteiger partial charge in [0.1, 0.15) is 0 Å². The molecule has 170 valence electrons. The maximum atomic E-state index is 12.7. The molecule has 1 N–H and O–H groups in total. The number of ether oxygens (including phenoxy) is 1. The van der Waals surface area contributed by atoms with Crippen LogP contribution in [0.2, 0.25) is 0 Å². The van der Waals surface area contributed by atoms with Crippen molar-refractivity contribution in [3.8, 4) is 0 Å². The number of Topliss-reactive ketones (excluding diaryl/α,β-unsaturated/α-hetero) is 1. The fourth-order valence-corrected chi connectivity index (χ4v) is 6.00. The zero-order valence-electron chi connectivity index (χ0n) is 18.1. The number of benzene rings is 1. The molecule has 1 atom stereocenters. The molecular weight excluding hydrogens is 434 g/mol. The first-order chi connectivity index (χ1) is 15.0. The maximum Gasteiger partial charge on any atom is 0.243 e. The number of rotatable bonds is 11. The van der Waals surface area contributed by atoms with Gasteiger partial charge in [0, 0.05) is 30.1 Å². The lowest BCUT2D eigenvalue weighted by Crippen LogP contribution is -2.40. The van der Waals surface area contributed by atoms with Gasteiger partial charge in [0.15, 0.2) is 5.78 Å². The number of nitrogens with zero attached hydrogens (tertiary/aromatic N) is 2. The van der Waals surface area contributed by atoms with Gasteiger partial charge in [0.25, 0.3) is 0 Å². The lowest BCUT2D eigenvalue weighted by Gasteiger charge is -2.29. The molecule has 1 fully saturated rings. The molecule has 0 amide bonds. The van der Waals surface area contributed by atoms with Gasteiger partial charge >= 0.3 is 0 Å². The minimum absolute atomic E-state index is 0.0557. The monoisotopic (exact) mass is 465 g/mol. The molecule has 0 aliphatic carbocycles. The number of thiophene rings is 1. The average Bonchev–Trinajstić information content (AvgIpc) is 3.34. The van der Waals surface area contributed by atoms with Crippen LogP contribution in [0.15, 0.2) is 46.7 Å². The highest BCUT2D eigenvalue weighted by Crippen LogP contribution is 2.24. The largest absolute Gasteiger partial charge is 0.379 e. The Morgan fingerprint density at radius 3 is 2.42 bits per heavy atom. The average molecular weight is 466 g/mol. The van der Waals surface area contributed by atoms with E-state index in [2.05, 4.69) is 35.5 Å². The van der Waals surface area contributed by atoms with Crippen LogP contribution in [-0.2, 0) is 14.8 Å². The first-order valence-corrected chi connectivity index (χ1v) is 13.0. The van der Waals surface area contributed by atoms with E-state index in [-0.39, 0.29) is 23.3 Å². The number of likely N-dealkylation sites (N-methyl/N-ethyl adjacent to an activating group) is 1. The molecule has 1 aliphatic rings. The highest BCUT2D eigenvalue weighted by Gasteiger charge is 2.26. The Morgan fingerprint density at radius 1 is 1.16 bits per heavy atom. The Labute approximate surface area is 189 Å². The van der Waals surface area contributed by atoms with E-state index in [1.807, 2.05) is 6.07 Å². The number of carbonyl (C=O) groups is 1. The van der Waals surface area contributed by atoms with Crippen LogP contribution >= 0.6 is 11.3 Å². The van der Waals surface area contributed by atoms with Gasteiger partial charge in [-0.2, -0.15) is 4.31 Å². The van der Waals surface area contributed by atoms with Crippen LogP contribution in [0.5, 0.6) is 0 Å². The topological polar surface area (TPSA) is 79.0 Å². The van der Waals surface area contributed by atoms with Crippen LogP contribution in [0.25, 0.3) is 0 Å². The summed E-state index contributed by atoms with van der Waals surface area (Å²) in [6, 6.07) is 10.6. The smallest absolute Gasteiger partial charge is 0.243 e. The maximum absolute atomic E-state index is 12.7. The molecule has 9 heteroatoms. The van der Waals surface area contributed by atoms with E-state index in [0.717, 1.165) is 13.1 Å². The highest BCUT2D eigenvalue weighted by atomic mass is 32.2. The fourth-order valence-electron chi connectivity index (χ4n) is 3.73. The number of morpholine rings is 1. The number of nitrogens with one attached hydrogen (secondary N) is 1. The number of ketones is 1. The summed E-state index contributed by atoms with van der Waals surface area (Å²) in [4.78, 5) is 16.5. The summed E-state index contributed by atoms with van der Waals surface area (Å²) >= 11 is 1.73. The Bertz CT molecular complexity index is 920. The van der Waals surface area contributed by atoms with Gasteiger partial charge in [-0.05, 0) is 36.7 Å². The standard InChI is InChI=1S/C22H31N3O4S2/c1-3-24(4-2)20(22-6-5-15-30-22)16-23-17-21(26)18-7-9-19(10-8-18)31(27,28)25-11-13-29-14-12-25/h5-10,15,20,23H,3-4,11-14,16-17H2,1-2H3. The third-order valence-corrected chi connectivity index (χ3v) is 8.42. The van der Waals surface area contributed by atoms with Gasteiger partial charge in [-0.15, -0.1) is 11.3 Å². The SMILES string of the molecule is CCN(CC)C(CNCC(=O)c1ccc(S(=O)(=O)N2CCOCC2)cc1)c1cccs1. The van der Waals surface area contributed by atoms with Crippen molar-refractivity contribution in [1.29, 1.82) is 0 Å². The Hall–Kier alpha value is -1.62. The molecule has 2 heterocycles. The van der Waals surface area contributed by atoms with Gasteiger partial charge in [0.05, 0.1) is 30.7 Å². The Morgan fingerprint density at radius 2 is 1.84 bits per heavy atom. The summed E-state index contributed by atoms with van der Waals surface area (Å²) < 4.78 is 32.1.